The summed E-state index contributed by atoms with van der Waals surface area (Å²) in [6, 6.07) is 12.0. The summed E-state index contributed by atoms with van der Waals surface area (Å²) in [6.45, 7) is 0. The molecule has 0 saturated heterocycles. The van der Waals surface area contributed by atoms with Crippen molar-refractivity contribution in [2.24, 2.45) is 0 Å². The molecular weight excluding hydrogens is 152 g/mol. The number of rotatable bonds is 0. The van der Waals surface area contributed by atoms with Crippen LogP contribution in [0.5, 0.6) is 0 Å². The van der Waals surface area contributed by atoms with E-state index in [1.54, 1.807) is 0 Å². The van der Waals surface area contributed by atoms with Gasteiger partial charge in [0.2, 0.25) is 0 Å². The van der Waals surface area contributed by atoms with Crippen LogP contribution in [0.3, 0.4) is 0 Å². The van der Waals surface area contributed by atoms with E-state index in [0.29, 0.717) is 0 Å². The summed E-state index contributed by atoms with van der Waals surface area (Å²) >= 11 is 0. The predicted molar refractivity (Wildman–Crippen MR) is 26.4 cm³/mol. The maximum Gasteiger partial charge on any atom is 0 e. The number of hydrogen-bond donors (Lipinski definition) is 0. The largest absolute Gasteiger partial charge is 0.0623 e. The van der Waals surface area contributed by atoms with Gasteiger partial charge in [-0.2, -0.15) is 0 Å². The van der Waals surface area contributed by atoms with Gasteiger partial charge in [-0.1, -0.05) is 36.4 Å². The minimum Gasteiger partial charge on any atom is -0.0623 e. The van der Waals surface area contributed by atoms with Crippen LogP contribution in [0.4, 0.5) is 0 Å². The topological polar surface area (TPSA) is 0 Å². The molecule has 0 heterocycles. The van der Waals surface area contributed by atoms with Crippen molar-refractivity contribution in [1.29, 1.82) is 0 Å². The molecule has 0 spiro atoms. The van der Waals surface area contributed by atoms with Crippen molar-refractivity contribution in [2.45, 2.75) is 0 Å². The SMILES string of the molecule is [Ar].[Ar].c1ccccc1. The first-order valence-electron chi connectivity index (χ1n) is 2.00. The maximum absolute atomic E-state index is 2.00. The summed E-state index contributed by atoms with van der Waals surface area (Å²) in [4.78, 5) is 0. The van der Waals surface area contributed by atoms with Crippen LogP contribution in [0.15, 0.2) is 36.4 Å². The number of hydrogen-bond acceptors (Lipinski definition) is 0. The van der Waals surface area contributed by atoms with E-state index in [-0.39, 0.29) is 75.5 Å². The van der Waals surface area contributed by atoms with Crippen LogP contribution in [-0.4, -0.2) is 0 Å². The molecule has 0 aromatic heterocycles. The van der Waals surface area contributed by atoms with Gasteiger partial charge in [0.05, 0.1) is 0 Å². The zero-order valence-corrected chi connectivity index (χ0v) is 5.59. The molecule has 0 unspecified atom stereocenters. The quantitative estimate of drug-likeness (QED) is 0.538. The molecule has 0 fully saturated rings. The van der Waals surface area contributed by atoms with Crippen LogP contribution in [-0.2, 0) is 0 Å². The van der Waals surface area contributed by atoms with Crippen LogP contribution >= 0.6 is 0 Å². The Morgan fingerprint density at radius 1 is 0.375 bits per heavy atom. The second-order valence-electron chi connectivity index (χ2n) is 1.15. The molecule has 0 aliphatic carbocycles. The van der Waals surface area contributed by atoms with E-state index in [2.05, 4.69) is 0 Å². The molecule has 1 aromatic rings. The molecule has 0 bridgehead atoms. The van der Waals surface area contributed by atoms with E-state index in [9.17, 15) is 0 Å². The zero-order valence-electron chi connectivity index (χ0n) is 4.17. The molecule has 1 aromatic carbocycles. The van der Waals surface area contributed by atoms with Crippen LogP contribution in [0.25, 0.3) is 0 Å². The molecule has 2 heteroatoms. The Hall–Kier alpha value is 1.74. The van der Waals surface area contributed by atoms with Crippen LogP contribution in [0.2, 0.25) is 0 Å². The van der Waals surface area contributed by atoms with Crippen molar-refractivity contribution < 1.29 is 75.5 Å². The van der Waals surface area contributed by atoms with Crippen molar-refractivity contribution in [2.75, 3.05) is 0 Å². The summed E-state index contributed by atoms with van der Waals surface area (Å²) in [6.07, 6.45) is 0. The van der Waals surface area contributed by atoms with Crippen molar-refractivity contribution in [3.63, 3.8) is 0 Å². The monoisotopic (exact) mass is 158 g/mol. The van der Waals surface area contributed by atoms with E-state index in [4.69, 9.17) is 0 Å². The third-order valence-corrected chi connectivity index (χ3v) is 0.667. The van der Waals surface area contributed by atoms with E-state index in [1.807, 2.05) is 36.4 Å². The van der Waals surface area contributed by atoms with Gasteiger partial charge >= 0.3 is 0 Å². The van der Waals surface area contributed by atoms with Gasteiger partial charge in [0.25, 0.3) is 0 Å². The average Bonchev–Trinajstić information content (AvgIpc) is 1.72. The van der Waals surface area contributed by atoms with E-state index in [1.165, 1.54) is 0 Å². The van der Waals surface area contributed by atoms with E-state index >= 15 is 0 Å². The second kappa shape index (κ2) is 8.74. The first kappa shape index (κ1) is 12.4. The molecule has 46 valence electrons. The normalized spacial score (nSPS) is 6.00. The van der Waals surface area contributed by atoms with Crippen molar-refractivity contribution in [1.82, 2.24) is 0 Å². The van der Waals surface area contributed by atoms with Crippen molar-refractivity contribution in [3.8, 4) is 0 Å². The fourth-order valence-corrected chi connectivity index (χ4v) is 0.385. The van der Waals surface area contributed by atoms with Gasteiger partial charge in [-0.15, -0.1) is 0 Å². The Morgan fingerprint density at radius 2 is 0.500 bits per heavy atom. The Kier molecular flexibility index (Phi) is 13.6. The summed E-state index contributed by atoms with van der Waals surface area (Å²) in [7, 11) is 0. The fraction of sp³-hybridized carbons (Fsp3) is 0. The van der Waals surface area contributed by atoms with Gasteiger partial charge in [0.15, 0.2) is 0 Å². The maximum atomic E-state index is 2.00. The molecule has 0 N–H and O–H groups in total. The predicted octanol–water partition coefficient (Wildman–Crippen LogP) is 1.69. The summed E-state index contributed by atoms with van der Waals surface area (Å²) < 4.78 is 0. The van der Waals surface area contributed by atoms with Gasteiger partial charge in [-0.3, -0.25) is 0 Å². The van der Waals surface area contributed by atoms with Gasteiger partial charge < -0.3 is 0 Å². The fourth-order valence-electron chi connectivity index (χ4n) is 0.385. The molecule has 0 radical (unpaired) electrons. The van der Waals surface area contributed by atoms with Crippen LogP contribution in [0.1, 0.15) is 0 Å². The average molecular weight is 158 g/mol. The third-order valence-electron chi connectivity index (χ3n) is 0.667. The molecule has 0 aliphatic rings. The van der Waals surface area contributed by atoms with Gasteiger partial charge in [-0.25, -0.2) is 0 Å². The molecule has 1 rings (SSSR count). The van der Waals surface area contributed by atoms with Crippen molar-refractivity contribution >= 4 is 0 Å². The standard InChI is InChI=1S/C6H6.2Ar/c1-2-4-6-5-3-1;;/h1-6H;;. The molecule has 0 amide bonds. The smallest absolute Gasteiger partial charge is 0 e. The van der Waals surface area contributed by atoms with Gasteiger partial charge in [0, 0.05) is 75.5 Å². The molecular formula is C6H6Ar2. The first-order chi connectivity index (χ1) is 3.00. The summed E-state index contributed by atoms with van der Waals surface area (Å²) in [5, 5.41) is 0. The summed E-state index contributed by atoms with van der Waals surface area (Å²) in [5.41, 5.74) is 0. The number of benzene rings is 1. The molecule has 8 heavy (non-hydrogen) atoms. The Morgan fingerprint density at radius 3 is 0.625 bits per heavy atom. The van der Waals surface area contributed by atoms with E-state index < -0.39 is 0 Å². The van der Waals surface area contributed by atoms with Gasteiger partial charge in [-0.05, 0) is 0 Å². The second-order valence-corrected chi connectivity index (χ2v) is 1.15. The van der Waals surface area contributed by atoms with E-state index in [0.717, 1.165) is 0 Å². The molecule has 0 nitrogen and oxygen atoms in total. The van der Waals surface area contributed by atoms with Crippen LogP contribution < -0.4 is 0 Å². The van der Waals surface area contributed by atoms with Crippen molar-refractivity contribution in [3.05, 3.63) is 36.4 Å². The Labute approximate surface area is 110 Å². The first-order valence-corrected chi connectivity index (χ1v) is 2.00. The minimum absolute atomic E-state index is 0. The molecule has 0 atom stereocenters. The minimum atomic E-state index is 0. The van der Waals surface area contributed by atoms with Crippen LogP contribution in [0, 0.1) is 75.5 Å². The zero-order chi connectivity index (χ0) is 4.24. The molecule has 0 saturated carbocycles. The third kappa shape index (κ3) is 5.87. The van der Waals surface area contributed by atoms with Gasteiger partial charge in [0.1, 0.15) is 0 Å². The Balaban J connectivity index is 0. The molecule has 0 aliphatic heterocycles. The summed E-state index contributed by atoms with van der Waals surface area (Å²) in [5.74, 6) is 0. The Bertz CT molecular complexity index is 78.5.